The van der Waals surface area contributed by atoms with E-state index in [4.69, 9.17) is 4.98 Å². The summed E-state index contributed by atoms with van der Waals surface area (Å²) in [7, 11) is 1.98. The maximum absolute atomic E-state index is 13.4. The normalized spacial score (nSPS) is 13.0. The Balaban J connectivity index is 0.000000137. The van der Waals surface area contributed by atoms with Crippen LogP contribution in [0.4, 0.5) is 15.9 Å². The van der Waals surface area contributed by atoms with Crippen molar-refractivity contribution in [3.05, 3.63) is 156 Å². The van der Waals surface area contributed by atoms with Crippen molar-refractivity contribution in [1.82, 2.24) is 40.5 Å². The molecule has 0 radical (unpaired) electrons. The summed E-state index contributed by atoms with van der Waals surface area (Å²) in [6.45, 7) is 3.44. The summed E-state index contributed by atoms with van der Waals surface area (Å²) < 4.78 is 13.4. The van der Waals surface area contributed by atoms with E-state index >= 15 is 0 Å². The monoisotopic (exact) mass is 757 g/mol. The molecule has 0 saturated carbocycles. The van der Waals surface area contributed by atoms with Gasteiger partial charge in [-0.05, 0) is 48.4 Å². The number of carbonyl (C=O) groups excluding carboxylic acids is 2. The summed E-state index contributed by atoms with van der Waals surface area (Å²) in [5.74, 6) is 0.0278. The Morgan fingerprint density at radius 3 is 1.68 bits per heavy atom. The van der Waals surface area contributed by atoms with Gasteiger partial charge in [-0.15, -0.1) is 0 Å². The molecule has 4 N–H and O–H groups in total. The summed E-state index contributed by atoms with van der Waals surface area (Å²) in [5, 5.41) is 5.69. The quantitative estimate of drug-likeness (QED) is 0.139. The molecule has 0 spiro atoms. The minimum Gasteiger partial charge on any atom is -0.358 e. The molecule has 4 aromatic carbocycles. The topological polar surface area (TPSA) is 145 Å². The minimum atomic E-state index is -0.621. The van der Waals surface area contributed by atoms with Gasteiger partial charge in [-0.2, -0.15) is 4.39 Å². The lowest BCUT2D eigenvalue weighted by Crippen LogP contribution is -2.31. The molecular formula is C45H40FN9O2. The predicted molar refractivity (Wildman–Crippen MR) is 221 cm³/mol. The Labute approximate surface area is 328 Å². The zero-order valence-corrected chi connectivity index (χ0v) is 31.5. The van der Waals surface area contributed by atoms with Gasteiger partial charge < -0.3 is 25.5 Å². The van der Waals surface area contributed by atoms with Gasteiger partial charge in [-0.3, -0.25) is 14.6 Å². The maximum atomic E-state index is 13.4. The van der Waals surface area contributed by atoms with Crippen LogP contribution in [0.1, 0.15) is 44.6 Å². The number of anilines is 2. The van der Waals surface area contributed by atoms with Gasteiger partial charge in [-0.1, -0.05) is 79.7 Å². The van der Waals surface area contributed by atoms with Crippen molar-refractivity contribution in [3.63, 3.8) is 0 Å². The second kappa shape index (κ2) is 16.3. The number of benzene rings is 4. The van der Waals surface area contributed by atoms with Gasteiger partial charge in [-0.25, -0.2) is 15.0 Å². The number of aromatic amines is 2. The molecule has 11 nitrogen and oxygen atoms in total. The van der Waals surface area contributed by atoms with E-state index in [0.717, 1.165) is 81.9 Å². The number of nitrogens with one attached hydrogen (secondary N) is 4. The highest BCUT2D eigenvalue weighted by Crippen LogP contribution is 2.32. The van der Waals surface area contributed by atoms with Crippen LogP contribution in [-0.2, 0) is 19.3 Å². The highest BCUT2D eigenvalue weighted by Gasteiger charge is 2.22. The first kappa shape index (κ1) is 36.8. The van der Waals surface area contributed by atoms with Crippen molar-refractivity contribution in [1.29, 1.82) is 0 Å². The number of halogens is 1. The first-order valence-corrected chi connectivity index (χ1v) is 18.9. The van der Waals surface area contributed by atoms with Gasteiger partial charge in [0.2, 0.25) is 5.95 Å². The van der Waals surface area contributed by atoms with Crippen LogP contribution >= 0.6 is 0 Å². The van der Waals surface area contributed by atoms with Crippen molar-refractivity contribution >= 4 is 45.4 Å². The zero-order valence-electron chi connectivity index (χ0n) is 31.5. The SMILES string of the molecule is CCc1ccccc1.CN(c1ccccc1)c1cnc2cccc(-c3cc4c([nH]3)CCNC4=O)c2n1.O=C1NCCc2[nH]c(-c3cccc4ncc(F)nc34)cc21. The van der Waals surface area contributed by atoms with E-state index in [1.165, 1.54) is 5.56 Å². The number of H-pyrrole nitrogens is 2. The maximum Gasteiger partial charge on any atom is 0.253 e. The summed E-state index contributed by atoms with van der Waals surface area (Å²) in [4.78, 5) is 50.1. The van der Waals surface area contributed by atoms with Crippen molar-refractivity contribution in [2.45, 2.75) is 26.2 Å². The number of hydrogen-bond donors (Lipinski definition) is 4. The lowest BCUT2D eigenvalue weighted by molar-refractivity contribution is 0.0937. The Morgan fingerprint density at radius 1 is 0.632 bits per heavy atom. The van der Waals surface area contributed by atoms with E-state index in [2.05, 4.69) is 66.7 Å². The van der Waals surface area contributed by atoms with Crippen LogP contribution in [0.15, 0.2) is 122 Å². The Morgan fingerprint density at radius 2 is 1.16 bits per heavy atom. The van der Waals surface area contributed by atoms with E-state index in [0.29, 0.717) is 35.2 Å². The third-order valence-electron chi connectivity index (χ3n) is 10.0. The average Bonchev–Trinajstić information content (AvgIpc) is 3.91. The van der Waals surface area contributed by atoms with Crippen LogP contribution in [0.3, 0.4) is 0 Å². The van der Waals surface area contributed by atoms with Gasteiger partial charge in [0.25, 0.3) is 11.8 Å². The number of hydrogen-bond acceptors (Lipinski definition) is 7. The molecule has 0 aliphatic carbocycles. The third-order valence-corrected chi connectivity index (χ3v) is 10.0. The van der Waals surface area contributed by atoms with E-state index in [1.54, 1.807) is 18.3 Å². The van der Waals surface area contributed by atoms with Crippen molar-refractivity contribution in [2.75, 3.05) is 25.0 Å². The lowest BCUT2D eigenvalue weighted by atomic mass is 10.1. The number of aryl methyl sites for hydroxylation is 1. The van der Waals surface area contributed by atoms with Gasteiger partial charge in [0.15, 0.2) is 5.82 Å². The van der Waals surface area contributed by atoms with Crippen LogP contribution in [-0.4, -0.2) is 61.9 Å². The molecule has 284 valence electrons. The van der Waals surface area contributed by atoms with Crippen LogP contribution in [0.2, 0.25) is 0 Å². The molecule has 57 heavy (non-hydrogen) atoms. The molecule has 0 saturated heterocycles. The van der Waals surface area contributed by atoms with E-state index in [1.807, 2.05) is 84.7 Å². The van der Waals surface area contributed by atoms with Crippen molar-refractivity contribution in [2.24, 2.45) is 0 Å². The molecule has 0 fully saturated rings. The highest BCUT2D eigenvalue weighted by molar-refractivity contribution is 6.00. The van der Waals surface area contributed by atoms with E-state index < -0.39 is 5.95 Å². The first-order valence-electron chi connectivity index (χ1n) is 18.9. The molecule has 10 rings (SSSR count). The first-order chi connectivity index (χ1) is 27.9. The second-order valence-electron chi connectivity index (χ2n) is 13.7. The number of nitrogens with zero attached hydrogens (tertiary/aromatic N) is 5. The summed E-state index contributed by atoms with van der Waals surface area (Å²) in [6, 6.07) is 35.6. The number of aromatic nitrogens is 6. The fraction of sp³-hybridized carbons (Fsp3) is 0.156. The summed E-state index contributed by atoms with van der Waals surface area (Å²) in [5.41, 5.74) is 11.7. The van der Waals surface area contributed by atoms with E-state index in [-0.39, 0.29) is 11.8 Å². The molecule has 2 amide bonds. The second-order valence-corrected chi connectivity index (χ2v) is 13.7. The Hall–Kier alpha value is -7.21. The lowest BCUT2D eigenvalue weighted by Gasteiger charge is -2.18. The van der Waals surface area contributed by atoms with Gasteiger partial charge in [0.1, 0.15) is 11.0 Å². The molecule has 2 aliphatic rings. The zero-order chi connectivity index (χ0) is 39.3. The molecular weight excluding hydrogens is 718 g/mol. The fourth-order valence-electron chi connectivity index (χ4n) is 7.01. The van der Waals surface area contributed by atoms with Crippen LogP contribution in [0.5, 0.6) is 0 Å². The van der Waals surface area contributed by atoms with Crippen LogP contribution < -0.4 is 15.5 Å². The standard InChI is InChI=1S/C22H19N5O.C15H11FN4O.C8H10/c1-27(14-6-3-2-4-7-14)20-13-24-18-9-5-8-15(21(18)26-20)19-12-16-17(25-19)10-11-23-22(16)28;16-13-7-18-11-3-1-2-8(14(11)20-13)12-6-9-10(19-12)4-5-17-15(9)21;1-2-8-6-4-3-5-7-8/h2-9,12-13,25H,10-11H2,1H3,(H,23,28);1-3,6-7,19H,4-5H2,(H,17,21);3-7H,2H2,1H3. The molecule has 4 aromatic heterocycles. The average molecular weight is 758 g/mol. The third kappa shape index (κ3) is 7.83. The molecule has 0 bridgehead atoms. The molecule has 8 aromatic rings. The fourth-order valence-corrected chi connectivity index (χ4v) is 7.01. The summed E-state index contributed by atoms with van der Waals surface area (Å²) >= 11 is 0. The van der Waals surface area contributed by atoms with Gasteiger partial charge in [0.05, 0.1) is 34.6 Å². The highest BCUT2D eigenvalue weighted by atomic mass is 19.1. The van der Waals surface area contributed by atoms with Crippen molar-refractivity contribution < 1.29 is 14.0 Å². The largest absolute Gasteiger partial charge is 0.358 e. The van der Waals surface area contributed by atoms with E-state index in [9.17, 15) is 14.0 Å². The number of rotatable bonds is 5. The van der Waals surface area contributed by atoms with Crippen molar-refractivity contribution in [3.8, 4) is 22.5 Å². The number of amides is 2. The number of carbonyl (C=O) groups is 2. The number of para-hydroxylation sites is 3. The Kier molecular flexibility index (Phi) is 10.5. The molecule has 0 atom stereocenters. The van der Waals surface area contributed by atoms with Gasteiger partial charge >= 0.3 is 0 Å². The molecule has 12 heteroatoms. The molecule has 0 unspecified atom stereocenters. The minimum absolute atomic E-state index is 0.0282. The van der Waals surface area contributed by atoms with Crippen LogP contribution in [0.25, 0.3) is 44.6 Å². The van der Waals surface area contributed by atoms with Crippen LogP contribution in [0, 0.1) is 5.95 Å². The smallest absolute Gasteiger partial charge is 0.253 e. The predicted octanol–water partition coefficient (Wildman–Crippen LogP) is 7.98. The molecule has 6 heterocycles. The molecule has 2 aliphatic heterocycles. The Bertz CT molecular complexity index is 2710. The summed E-state index contributed by atoms with van der Waals surface area (Å²) in [6.07, 6.45) is 5.58. The number of fused-ring (bicyclic) bond motifs is 4. The van der Waals surface area contributed by atoms with Gasteiger partial charge in [0, 0.05) is 72.6 Å².